The zero-order chi connectivity index (χ0) is 21.0. The second-order valence-electron chi connectivity index (χ2n) is 6.72. The molecule has 156 valence electrons. The first-order valence-electron chi connectivity index (χ1n) is 8.43. The lowest BCUT2D eigenvalue weighted by Gasteiger charge is -2.37. The summed E-state index contributed by atoms with van der Waals surface area (Å²) in [5, 5.41) is 10.3. The van der Waals surface area contributed by atoms with Gasteiger partial charge in [-0.2, -0.15) is 26.3 Å². The number of benzene rings is 1. The third kappa shape index (κ3) is 4.87. The number of phenols is 1. The zero-order valence-corrected chi connectivity index (χ0v) is 15.6. The molecule has 0 aliphatic carbocycles. The summed E-state index contributed by atoms with van der Waals surface area (Å²) in [6, 6.07) is 1.45. The fraction of sp³-hybridized carbons (Fsp3) is 0.667. The lowest BCUT2D eigenvalue weighted by molar-refractivity contribution is -0.400. The quantitative estimate of drug-likeness (QED) is 0.462. The van der Waals surface area contributed by atoms with E-state index in [0.29, 0.717) is 6.42 Å². The number of hydrogen-bond donors (Lipinski definition) is 1. The molecule has 0 atom stereocenters. The smallest absolute Gasteiger partial charge is 0.430 e. The first-order valence-corrected chi connectivity index (χ1v) is 8.43. The highest BCUT2D eigenvalue weighted by atomic mass is 19.4. The predicted molar refractivity (Wildman–Crippen MR) is 87.4 cm³/mol. The van der Waals surface area contributed by atoms with Crippen LogP contribution < -0.4 is 0 Å². The molecule has 1 rings (SSSR count). The fourth-order valence-electron chi connectivity index (χ4n) is 2.90. The van der Waals surface area contributed by atoms with E-state index in [-0.39, 0.29) is 35.6 Å². The minimum absolute atomic E-state index is 0.0181. The van der Waals surface area contributed by atoms with Gasteiger partial charge in [0.25, 0.3) is 5.60 Å². The standard InChI is InChI=1S/C18H24F6O3/c1-5-6-12-8-14(9-13(15(12)25)7-11(2)3)16(17(19,20)21,18(22,23)24)27-10-26-4/h8-9,11,25H,5-7,10H2,1-4H3. The van der Waals surface area contributed by atoms with Crippen molar-refractivity contribution >= 4 is 0 Å². The van der Waals surface area contributed by atoms with E-state index in [1.165, 1.54) is 0 Å². The van der Waals surface area contributed by atoms with Gasteiger partial charge in [0.05, 0.1) is 0 Å². The third-order valence-electron chi connectivity index (χ3n) is 4.01. The Balaban J connectivity index is 3.81. The molecule has 0 aromatic heterocycles. The third-order valence-corrected chi connectivity index (χ3v) is 4.01. The molecule has 0 saturated carbocycles. The minimum Gasteiger partial charge on any atom is -0.507 e. The van der Waals surface area contributed by atoms with E-state index in [1.807, 2.05) is 0 Å². The van der Waals surface area contributed by atoms with Crippen LogP contribution in [0.1, 0.15) is 43.9 Å². The summed E-state index contributed by atoms with van der Waals surface area (Å²) in [5.74, 6) is -0.369. The first-order chi connectivity index (χ1) is 12.3. The van der Waals surface area contributed by atoms with Crippen LogP contribution in [0.15, 0.2) is 12.1 Å². The fourth-order valence-corrected chi connectivity index (χ4v) is 2.90. The van der Waals surface area contributed by atoms with Gasteiger partial charge < -0.3 is 14.6 Å². The van der Waals surface area contributed by atoms with Gasteiger partial charge in [-0.3, -0.25) is 0 Å². The SMILES string of the molecule is CCCc1cc(C(OCOC)(C(F)(F)F)C(F)(F)F)cc(CC(C)C)c1O. The van der Waals surface area contributed by atoms with Crippen molar-refractivity contribution in [2.24, 2.45) is 5.92 Å². The molecule has 9 heteroatoms. The molecule has 27 heavy (non-hydrogen) atoms. The van der Waals surface area contributed by atoms with Gasteiger partial charge in [-0.15, -0.1) is 0 Å². The van der Waals surface area contributed by atoms with Gasteiger partial charge in [-0.05, 0) is 42.0 Å². The minimum atomic E-state index is -5.79. The lowest BCUT2D eigenvalue weighted by Crippen LogP contribution is -2.56. The maximum atomic E-state index is 13.7. The summed E-state index contributed by atoms with van der Waals surface area (Å²) < 4.78 is 91.0. The number of methoxy groups -OCH3 is 1. The Morgan fingerprint density at radius 1 is 1.00 bits per heavy atom. The van der Waals surface area contributed by atoms with Crippen LogP contribution in [-0.2, 0) is 27.9 Å². The van der Waals surface area contributed by atoms with E-state index >= 15 is 0 Å². The van der Waals surface area contributed by atoms with Crippen molar-refractivity contribution < 1.29 is 40.9 Å². The van der Waals surface area contributed by atoms with Crippen molar-refractivity contribution in [3.63, 3.8) is 0 Å². The van der Waals surface area contributed by atoms with Gasteiger partial charge in [0.1, 0.15) is 12.5 Å². The monoisotopic (exact) mass is 402 g/mol. The summed E-state index contributed by atoms with van der Waals surface area (Å²) in [5.41, 5.74) is -5.64. The second kappa shape index (κ2) is 8.68. The highest BCUT2D eigenvalue weighted by Gasteiger charge is 2.73. The highest BCUT2D eigenvalue weighted by Crippen LogP contribution is 2.53. The van der Waals surface area contributed by atoms with Crippen LogP contribution in [0.3, 0.4) is 0 Å². The predicted octanol–water partition coefficient (Wildman–Crippen LogP) is 5.48. The molecule has 0 aliphatic heterocycles. The van der Waals surface area contributed by atoms with Crippen LogP contribution in [0.2, 0.25) is 0 Å². The van der Waals surface area contributed by atoms with Gasteiger partial charge in [0, 0.05) is 12.7 Å². The maximum Gasteiger partial charge on any atom is 0.430 e. The molecule has 1 aromatic rings. The topological polar surface area (TPSA) is 38.7 Å². The van der Waals surface area contributed by atoms with E-state index in [0.717, 1.165) is 19.2 Å². The van der Waals surface area contributed by atoms with E-state index in [4.69, 9.17) is 0 Å². The van der Waals surface area contributed by atoms with E-state index in [2.05, 4.69) is 9.47 Å². The Hall–Kier alpha value is -1.48. The van der Waals surface area contributed by atoms with Crippen LogP contribution in [0.4, 0.5) is 26.3 Å². The largest absolute Gasteiger partial charge is 0.507 e. The number of ether oxygens (including phenoxy) is 2. The number of halogens is 6. The van der Waals surface area contributed by atoms with Gasteiger partial charge in [0.15, 0.2) is 0 Å². The number of phenolic OH excluding ortho intramolecular Hbond substituents is 1. The molecule has 0 amide bonds. The number of rotatable bonds is 8. The summed E-state index contributed by atoms with van der Waals surface area (Å²) >= 11 is 0. The van der Waals surface area contributed by atoms with Crippen LogP contribution in [-0.4, -0.2) is 31.4 Å². The normalized spacial score (nSPS) is 13.4. The molecule has 0 spiro atoms. The number of aromatic hydroxyl groups is 1. The maximum absolute atomic E-state index is 13.7. The van der Waals surface area contributed by atoms with Gasteiger partial charge >= 0.3 is 12.4 Å². The summed E-state index contributed by atoms with van der Waals surface area (Å²) in [6.45, 7) is 3.99. The van der Waals surface area contributed by atoms with E-state index in [9.17, 15) is 31.4 Å². The molecule has 1 aromatic carbocycles. The molecule has 0 heterocycles. The molecule has 0 fully saturated rings. The summed E-state index contributed by atoms with van der Waals surface area (Å²) in [6.07, 6.45) is -10.9. The van der Waals surface area contributed by atoms with Crippen molar-refractivity contribution in [3.8, 4) is 5.75 Å². The molecule has 3 nitrogen and oxygen atoms in total. The van der Waals surface area contributed by atoms with Crippen molar-refractivity contribution in [1.82, 2.24) is 0 Å². The zero-order valence-electron chi connectivity index (χ0n) is 15.6. The van der Waals surface area contributed by atoms with Crippen LogP contribution >= 0.6 is 0 Å². The molecule has 0 saturated heterocycles. The summed E-state index contributed by atoms with van der Waals surface area (Å²) in [4.78, 5) is 0. The van der Waals surface area contributed by atoms with Gasteiger partial charge in [-0.25, -0.2) is 0 Å². The first kappa shape index (κ1) is 23.6. The average Bonchev–Trinajstić information content (AvgIpc) is 2.49. The van der Waals surface area contributed by atoms with Gasteiger partial charge in [-0.1, -0.05) is 27.2 Å². The molecule has 0 radical (unpaired) electrons. The molecule has 0 bridgehead atoms. The average molecular weight is 402 g/mol. The van der Waals surface area contributed by atoms with Crippen molar-refractivity contribution in [2.45, 2.75) is 58.0 Å². The molecular weight excluding hydrogens is 378 g/mol. The van der Waals surface area contributed by atoms with Crippen molar-refractivity contribution in [1.29, 1.82) is 0 Å². The lowest BCUT2D eigenvalue weighted by atomic mass is 9.86. The van der Waals surface area contributed by atoms with Crippen molar-refractivity contribution in [3.05, 3.63) is 28.8 Å². The van der Waals surface area contributed by atoms with E-state index < -0.39 is 30.3 Å². The number of aryl methyl sites for hydroxylation is 1. The Kier molecular flexibility index (Phi) is 7.58. The number of alkyl halides is 6. The molecule has 0 unspecified atom stereocenters. The highest BCUT2D eigenvalue weighted by molar-refractivity contribution is 5.47. The molecule has 0 aliphatic rings. The van der Waals surface area contributed by atoms with Crippen LogP contribution in [0.25, 0.3) is 0 Å². The Morgan fingerprint density at radius 3 is 1.93 bits per heavy atom. The second-order valence-corrected chi connectivity index (χ2v) is 6.72. The van der Waals surface area contributed by atoms with Gasteiger partial charge in [0.2, 0.25) is 0 Å². The Morgan fingerprint density at radius 2 is 1.52 bits per heavy atom. The van der Waals surface area contributed by atoms with Crippen LogP contribution in [0, 0.1) is 5.92 Å². The van der Waals surface area contributed by atoms with E-state index in [1.54, 1.807) is 20.8 Å². The number of hydrogen-bond acceptors (Lipinski definition) is 3. The van der Waals surface area contributed by atoms with Crippen molar-refractivity contribution in [2.75, 3.05) is 13.9 Å². The Labute approximate surface area is 154 Å². The molecular formula is C18H24F6O3. The Bertz CT molecular complexity index is 609. The van der Waals surface area contributed by atoms with Crippen LogP contribution in [0.5, 0.6) is 5.75 Å². The molecule has 1 N–H and O–H groups in total. The summed E-state index contributed by atoms with van der Waals surface area (Å²) in [7, 11) is 0.932.